The summed E-state index contributed by atoms with van der Waals surface area (Å²) in [6.07, 6.45) is 0. The van der Waals surface area contributed by atoms with Crippen LogP contribution in [-0.4, -0.2) is 13.4 Å². The summed E-state index contributed by atoms with van der Waals surface area (Å²) in [4.78, 5) is 2.87. The Labute approximate surface area is 123 Å². The summed E-state index contributed by atoms with van der Waals surface area (Å²) < 4.78 is 52.7. The van der Waals surface area contributed by atoms with Crippen LogP contribution in [0.2, 0.25) is 0 Å². The van der Waals surface area contributed by atoms with E-state index in [1.165, 1.54) is 6.07 Å². The van der Waals surface area contributed by atoms with Crippen LogP contribution < -0.4 is 4.72 Å². The van der Waals surface area contributed by atoms with Crippen molar-refractivity contribution in [2.45, 2.75) is 11.8 Å². The lowest BCUT2D eigenvalue weighted by Gasteiger charge is -2.10. The topological polar surface area (TPSA) is 59.1 Å². The first-order valence-corrected chi connectivity index (χ1v) is 7.68. The smallest absolute Gasteiger partial charge is 0.263 e. The minimum Gasteiger partial charge on any atom is -0.275 e. The van der Waals surface area contributed by atoms with Crippen molar-refractivity contribution in [2.24, 2.45) is 0 Å². The Morgan fingerprint density at radius 1 is 1.20 bits per heavy atom. The largest absolute Gasteiger partial charge is 0.275 e. The van der Waals surface area contributed by atoms with E-state index in [1.807, 2.05) is 4.72 Å². The van der Waals surface area contributed by atoms with E-state index >= 15 is 0 Å². The van der Waals surface area contributed by atoms with E-state index in [0.29, 0.717) is 4.47 Å². The predicted molar refractivity (Wildman–Crippen MR) is 73.8 cm³/mol. The summed E-state index contributed by atoms with van der Waals surface area (Å²) in [5.41, 5.74) is 0.448. The van der Waals surface area contributed by atoms with Crippen LogP contribution in [0.1, 0.15) is 5.56 Å². The van der Waals surface area contributed by atoms with E-state index in [0.717, 1.165) is 17.7 Å². The highest BCUT2D eigenvalue weighted by Crippen LogP contribution is 2.25. The molecule has 0 aliphatic carbocycles. The number of sulfonamides is 1. The fourth-order valence-corrected chi connectivity index (χ4v) is 3.76. The first kappa shape index (κ1) is 14.9. The highest BCUT2D eigenvalue weighted by Gasteiger charge is 2.20. The standard InChI is InChI=1S/C12H9BrF2N2O2S/c1-7-2-4-10(8(13)6-7)20(18,19)17-9-3-5-11(14)16-12(9)15/h2-6,17H,1H3. The molecule has 0 aliphatic heterocycles. The quantitative estimate of drug-likeness (QED) is 0.852. The van der Waals surface area contributed by atoms with Gasteiger partial charge in [-0.25, -0.2) is 8.42 Å². The number of halogens is 3. The Bertz CT molecular complexity index is 766. The van der Waals surface area contributed by atoms with Crippen molar-refractivity contribution in [3.63, 3.8) is 0 Å². The molecule has 0 amide bonds. The number of anilines is 1. The lowest BCUT2D eigenvalue weighted by Crippen LogP contribution is -2.15. The second-order valence-electron chi connectivity index (χ2n) is 4.01. The Morgan fingerprint density at radius 2 is 1.90 bits per heavy atom. The van der Waals surface area contributed by atoms with Crippen LogP contribution in [0, 0.1) is 18.8 Å². The third-order valence-electron chi connectivity index (χ3n) is 2.44. The van der Waals surface area contributed by atoms with Crippen LogP contribution in [0.3, 0.4) is 0 Å². The molecule has 0 saturated heterocycles. The van der Waals surface area contributed by atoms with Gasteiger partial charge < -0.3 is 0 Å². The number of hydrogen-bond donors (Lipinski definition) is 1. The molecule has 4 nitrogen and oxygen atoms in total. The maximum absolute atomic E-state index is 13.4. The monoisotopic (exact) mass is 362 g/mol. The number of benzene rings is 1. The van der Waals surface area contributed by atoms with Gasteiger partial charge in [-0.05, 0) is 52.7 Å². The SMILES string of the molecule is Cc1ccc(S(=O)(=O)Nc2ccc(F)nc2F)c(Br)c1. The van der Waals surface area contributed by atoms with Crippen molar-refractivity contribution in [1.29, 1.82) is 0 Å². The van der Waals surface area contributed by atoms with Gasteiger partial charge in [-0.2, -0.15) is 13.8 Å². The van der Waals surface area contributed by atoms with E-state index in [2.05, 4.69) is 20.9 Å². The Kier molecular flexibility index (Phi) is 4.05. The average molecular weight is 363 g/mol. The van der Waals surface area contributed by atoms with Gasteiger partial charge in [0.05, 0.1) is 0 Å². The fourth-order valence-electron chi connectivity index (χ4n) is 1.51. The van der Waals surface area contributed by atoms with Gasteiger partial charge in [0.1, 0.15) is 10.6 Å². The number of nitrogens with one attached hydrogen (secondary N) is 1. The Morgan fingerprint density at radius 3 is 2.50 bits per heavy atom. The van der Waals surface area contributed by atoms with E-state index in [9.17, 15) is 17.2 Å². The highest BCUT2D eigenvalue weighted by atomic mass is 79.9. The van der Waals surface area contributed by atoms with Crippen LogP contribution in [0.25, 0.3) is 0 Å². The van der Waals surface area contributed by atoms with Crippen molar-refractivity contribution in [3.05, 3.63) is 52.3 Å². The first-order chi connectivity index (χ1) is 9.29. The van der Waals surface area contributed by atoms with Gasteiger partial charge in [0, 0.05) is 4.47 Å². The fraction of sp³-hybridized carbons (Fsp3) is 0.0833. The second-order valence-corrected chi connectivity index (χ2v) is 6.52. The number of aromatic nitrogens is 1. The summed E-state index contributed by atoms with van der Waals surface area (Å²) in [7, 11) is -4.00. The van der Waals surface area contributed by atoms with Gasteiger partial charge in [-0.3, -0.25) is 4.72 Å². The van der Waals surface area contributed by atoms with Crippen LogP contribution in [0.15, 0.2) is 39.7 Å². The van der Waals surface area contributed by atoms with Gasteiger partial charge in [-0.1, -0.05) is 6.07 Å². The van der Waals surface area contributed by atoms with Crippen LogP contribution in [-0.2, 0) is 10.0 Å². The molecule has 1 aromatic heterocycles. The van der Waals surface area contributed by atoms with Crippen molar-refractivity contribution in [2.75, 3.05) is 4.72 Å². The van der Waals surface area contributed by atoms with Crippen LogP contribution in [0.4, 0.5) is 14.5 Å². The van der Waals surface area contributed by atoms with Gasteiger partial charge in [-0.15, -0.1) is 0 Å². The molecule has 0 atom stereocenters. The van der Waals surface area contributed by atoms with Gasteiger partial charge in [0.15, 0.2) is 0 Å². The minimum atomic E-state index is -4.00. The molecule has 0 radical (unpaired) electrons. The van der Waals surface area contributed by atoms with E-state index in [4.69, 9.17) is 0 Å². The lowest BCUT2D eigenvalue weighted by atomic mass is 10.2. The number of pyridine rings is 1. The number of nitrogens with zero attached hydrogens (tertiary/aromatic N) is 1. The zero-order chi connectivity index (χ0) is 14.9. The molecule has 2 rings (SSSR count). The zero-order valence-corrected chi connectivity index (χ0v) is 12.6. The summed E-state index contributed by atoms with van der Waals surface area (Å²) in [6.45, 7) is 1.80. The van der Waals surface area contributed by atoms with E-state index in [1.54, 1.807) is 19.1 Å². The molecule has 0 spiro atoms. The van der Waals surface area contributed by atoms with Crippen LogP contribution >= 0.6 is 15.9 Å². The summed E-state index contributed by atoms with van der Waals surface area (Å²) in [6, 6.07) is 6.45. The number of hydrogen-bond acceptors (Lipinski definition) is 3. The van der Waals surface area contributed by atoms with Crippen LogP contribution in [0.5, 0.6) is 0 Å². The second kappa shape index (κ2) is 5.45. The molecule has 0 saturated carbocycles. The summed E-state index contributed by atoms with van der Waals surface area (Å²) in [5.74, 6) is -2.25. The molecule has 0 fully saturated rings. The van der Waals surface area contributed by atoms with Crippen molar-refractivity contribution in [3.8, 4) is 0 Å². The lowest BCUT2D eigenvalue weighted by molar-refractivity contribution is 0.515. The highest BCUT2D eigenvalue weighted by molar-refractivity contribution is 9.10. The number of rotatable bonds is 3. The average Bonchev–Trinajstić information content (AvgIpc) is 2.32. The van der Waals surface area contributed by atoms with Crippen molar-refractivity contribution >= 4 is 31.6 Å². The molecular formula is C12H9BrF2N2O2S. The molecule has 2 aromatic rings. The normalized spacial score (nSPS) is 11.4. The molecule has 0 bridgehead atoms. The zero-order valence-electron chi connectivity index (χ0n) is 10.2. The van der Waals surface area contributed by atoms with Gasteiger partial charge in [0.2, 0.25) is 11.9 Å². The Hall–Kier alpha value is -1.54. The maximum atomic E-state index is 13.4. The van der Waals surface area contributed by atoms with E-state index in [-0.39, 0.29) is 4.90 Å². The van der Waals surface area contributed by atoms with Crippen molar-refractivity contribution in [1.82, 2.24) is 4.98 Å². The Balaban J connectivity index is 2.41. The molecule has 0 aliphatic rings. The van der Waals surface area contributed by atoms with Crippen molar-refractivity contribution < 1.29 is 17.2 Å². The molecule has 8 heteroatoms. The molecule has 0 unspecified atom stereocenters. The first-order valence-electron chi connectivity index (χ1n) is 5.40. The third-order valence-corrected chi connectivity index (χ3v) is 4.78. The number of aryl methyl sites for hydroxylation is 1. The predicted octanol–water partition coefficient (Wildman–Crippen LogP) is 3.23. The molecule has 1 heterocycles. The molecular weight excluding hydrogens is 354 g/mol. The maximum Gasteiger partial charge on any atom is 0.263 e. The molecule has 20 heavy (non-hydrogen) atoms. The van der Waals surface area contributed by atoms with E-state index < -0.39 is 27.6 Å². The molecule has 106 valence electrons. The minimum absolute atomic E-state index is 0.0492. The van der Waals surface area contributed by atoms with Gasteiger partial charge >= 0.3 is 0 Å². The summed E-state index contributed by atoms with van der Waals surface area (Å²) >= 11 is 3.14. The molecule has 1 aromatic carbocycles. The summed E-state index contributed by atoms with van der Waals surface area (Å²) in [5, 5.41) is 0. The van der Waals surface area contributed by atoms with Gasteiger partial charge in [0.25, 0.3) is 10.0 Å². The third kappa shape index (κ3) is 3.13. The molecule has 1 N–H and O–H groups in total.